The highest BCUT2D eigenvalue weighted by Gasteiger charge is 2.20. The van der Waals surface area contributed by atoms with Gasteiger partial charge in [0.05, 0.1) is 25.6 Å². The monoisotopic (exact) mass is 408 g/mol. The molecule has 2 N–H and O–H groups in total. The van der Waals surface area contributed by atoms with E-state index in [9.17, 15) is 14.4 Å². The first-order chi connectivity index (χ1) is 16.3. The Morgan fingerprint density at radius 1 is 1.29 bits per heavy atom. The maximum atomic E-state index is 12.8. The molecule has 0 aliphatic heterocycles. The lowest BCUT2D eigenvalue weighted by molar-refractivity contribution is -0.138. The minimum Gasteiger partial charge on any atom is -0.497 e. The number of Topliss-reactive ketones (excluding diaryl/α,β-unsaturated/α-hetero) is 1. The predicted octanol–water partition coefficient (Wildman–Crippen LogP) is 2.67. The Labute approximate surface area is 178 Å². The van der Waals surface area contributed by atoms with E-state index in [2.05, 4.69) is 5.32 Å². The molecule has 0 bridgehead atoms. The van der Waals surface area contributed by atoms with Crippen molar-refractivity contribution < 1.29 is 33.8 Å². The van der Waals surface area contributed by atoms with Gasteiger partial charge in [-0.15, -0.1) is 0 Å². The van der Waals surface area contributed by atoms with Crippen LogP contribution in [0.4, 0.5) is 0 Å². The molecule has 0 fully saturated rings. The number of thioether (sulfide) groups is 1. The molecule has 2 aromatic carbocycles. The number of ketones is 1. The maximum Gasteiger partial charge on any atom is 0.322 e. The second kappa shape index (κ2) is 11.1. The molecule has 1 amide bonds. The van der Waals surface area contributed by atoms with Crippen LogP contribution >= 0.6 is 11.8 Å². The van der Waals surface area contributed by atoms with Crippen molar-refractivity contribution in [3.8, 4) is 5.75 Å². The summed E-state index contributed by atoms with van der Waals surface area (Å²) in [5.41, 5.74) is -0.393. The summed E-state index contributed by atoms with van der Waals surface area (Å²) in [5, 5.41) is 11.0. The molecular formula is C21H23NO5S. The summed E-state index contributed by atoms with van der Waals surface area (Å²) in [5.74, 6) is -4.45. The van der Waals surface area contributed by atoms with Gasteiger partial charge in [-0.3, -0.25) is 14.4 Å². The Bertz CT molecular complexity index is 1120. The minimum atomic E-state index is -2.79. The zero-order valence-corrected chi connectivity index (χ0v) is 15.8. The standard InChI is InChI=1S/C21H23NO5S/c1-27-18-9-5-8-16(11-18)19(23)14-28-13-17(21(26)22-12-20(24)25)10-15-6-3-2-4-7-15/h2-9,11,17H,10,12-14H2,1H3,(H,22,26)(H,24,25)/i2D,3D,4D,6D,7D,10D2. The molecule has 6 nitrogen and oxygen atoms in total. The highest BCUT2D eigenvalue weighted by Crippen LogP contribution is 2.18. The number of benzene rings is 2. The quantitative estimate of drug-likeness (QED) is 0.556. The molecule has 2 aromatic rings. The zero-order chi connectivity index (χ0) is 26.5. The fourth-order valence-corrected chi connectivity index (χ4v) is 3.05. The van der Waals surface area contributed by atoms with Crippen molar-refractivity contribution in [2.24, 2.45) is 5.92 Å². The molecular weight excluding hydrogens is 378 g/mol. The normalized spacial score (nSPS) is 15.5. The first kappa shape index (κ1) is 13.4. The third-order valence-corrected chi connectivity index (χ3v) is 4.49. The van der Waals surface area contributed by atoms with E-state index in [1.165, 1.54) is 13.2 Å². The van der Waals surface area contributed by atoms with E-state index in [4.69, 9.17) is 19.4 Å². The number of aliphatic carboxylic acids is 1. The molecule has 148 valence electrons. The molecule has 1 unspecified atom stereocenters. The molecule has 0 aromatic heterocycles. The van der Waals surface area contributed by atoms with Gasteiger partial charge in [0.2, 0.25) is 5.91 Å². The molecule has 0 saturated heterocycles. The van der Waals surface area contributed by atoms with Crippen molar-refractivity contribution in [2.75, 3.05) is 25.2 Å². The molecule has 0 radical (unpaired) electrons. The van der Waals surface area contributed by atoms with Crippen molar-refractivity contribution in [2.45, 2.75) is 6.37 Å². The number of amides is 1. The van der Waals surface area contributed by atoms with Gasteiger partial charge in [-0.1, -0.05) is 42.3 Å². The molecule has 7 heteroatoms. The van der Waals surface area contributed by atoms with Gasteiger partial charge in [-0.2, -0.15) is 11.8 Å². The van der Waals surface area contributed by atoms with Crippen molar-refractivity contribution in [3.05, 3.63) is 65.6 Å². The summed E-state index contributed by atoms with van der Waals surface area (Å²) in [4.78, 5) is 36.2. The third-order valence-electron chi connectivity index (χ3n) is 3.46. The lowest BCUT2D eigenvalue weighted by Crippen LogP contribution is -2.36. The summed E-state index contributed by atoms with van der Waals surface area (Å²) < 4.78 is 61.7. The highest BCUT2D eigenvalue weighted by atomic mass is 32.2. The first-order valence-corrected chi connectivity index (χ1v) is 9.30. The average Bonchev–Trinajstić information content (AvgIpc) is 2.82. The van der Waals surface area contributed by atoms with E-state index in [1.807, 2.05) is 0 Å². The fraction of sp³-hybridized carbons (Fsp3) is 0.286. The molecule has 1 atom stereocenters. The van der Waals surface area contributed by atoms with Crippen LogP contribution in [0, 0.1) is 5.92 Å². The highest BCUT2D eigenvalue weighted by molar-refractivity contribution is 8.00. The Balaban J connectivity index is 2.36. The van der Waals surface area contributed by atoms with Crippen LogP contribution in [0.25, 0.3) is 0 Å². The molecule has 28 heavy (non-hydrogen) atoms. The van der Waals surface area contributed by atoms with Gasteiger partial charge in [-0.05, 0) is 24.1 Å². The van der Waals surface area contributed by atoms with Crippen LogP contribution in [0.3, 0.4) is 0 Å². The first-order valence-electron chi connectivity index (χ1n) is 11.6. The fourth-order valence-electron chi connectivity index (χ4n) is 2.11. The van der Waals surface area contributed by atoms with Crippen LogP contribution in [0.15, 0.2) is 54.5 Å². The number of carbonyl (C=O) groups excluding carboxylic acids is 2. The Morgan fingerprint density at radius 3 is 2.71 bits per heavy atom. The van der Waals surface area contributed by atoms with E-state index >= 15 is 0 Å². The SMILES string of the molecule is [2H]c1c([2H])c([2H])c(C([2H])([2H])C(CSCC(=O)c2cccc(OC)c2)C(=O)NCC(=O)O)c([2H])c1[2H]. The average molecular weight is 409 g/mol. The van der Waals surface area contributed by atoms with Gasteiger partial charge in [0, 0.05) is 14.1 Å². The van der Waals surface area contributed by atoms with Crippen molar-refractivity contribution in [3.63, 3.8) is 0 Å². The number of carboxylic acid groups (broad SMARTS) is 1. The Hall–Kier alpha value is -2.80. The molecule has 0 saturated carbocycles. The number of ether oxygens (including phenoxy) is 1. The summed E-state index contributed by atoms with van der Waals surface area (Å²) in [6, 6.07) is 2.48. The molecule has 0 heterocycles. The van der Waals surface area contributed by atoms with Gasteiger partial charge < -0.3 is 15.2 Å². The number of rotatable bonds is 11. The van der Waals surface area contributed by atoms with E-state index in [-0.39, 0.29) is 17.3 Å². The second-order valence-corrected chi connectivity index (χ2v) is 6.51. The molecule has 0 spiro atoms. The summed E-state index contributed by atoms with van der Waals surface area (Å²) in [6.07, 6.45) is -2.79. The summed E-state index contributed by atoms with van der Waals surface area (Å²) in [7, 11) is 1.44. The van der Waals surface area contributed by atoms with Crippen LogP contribution in [-0.2, 0) is 16.0 Å². The summed E-state index contributed by atoms with van der Waals surface area (Å²) in [6.45, 7) is -0.806. The number of hydrogen-bond donors (Lipinski definition) is 2. The Kier molecular flexibility index (Phi) is 5.33. The predicted molar refractivity (Wildman–Crippen MR) is 109 cm³/mol. The van der Waals surface area contributed by atoms with Gasteiger partial charge in [0.15, 0.2) is 5.78 Å². The number of nitrogens with one attached hydrogen (secondary N) is 1. The topological polar surface area (TPSA) is 92.7 Å². The van der Waals surface area contributed by atoms with Crippen molar-refractivity contribution in [1.29, 1.82) is 0 Å². The van der Waals surface area contributed by atoms with Crippen LogP contribution in [0.2, 0.25) is 0 Å². The summed E-state index contributed by atoms with van der Waals surface area (Å²) >= 11 is 0.893. The zero-order valence-electron chi connectivity index (χ0n) is 22.0. The molecule has 0 aliphatic carbocycles. The lowest BCUT2D eigenvalue weighted by Gasteiger charge is -2.16. The van der Waals surface area contributed by atoms with Crippen LogP contribution < -0.4 is 10.1 Å². The van der Waals surface area contributed by atoms with E-state index in [0.29, 0.717) is 11.3 Å². The van der Waals surface area contributed by atoms with Crippen molar-refractivity contribution >= 4 is 29.4 Å². The molecule has 2 rings (SSSR count). The van der Waals surface area contributed by atoms with Gasteiger partial charge in [-0.25, -0.2) is 0 Å². The third kappa shape index (κ3) is 7.08. The lowest BCUT2D eigenvalue weighted by atomic mass is 10.0. The van der Waals surface area contributed by atoms with E-state index < -0.39 is 66.5 Å². The number of carboxylic acids is 1. The van der Waals surface area contributed by atoms with Gasteiger partial charge in [0.1, 0.15) is 12.3 Å². The maximum absolute atomic E-state index is 12.8. The minimum absolute atomic E-state index is 0.160. The van der Waals surface area contributed by atoms with E-state index in [1.54, 1.807) is 18.2 Å². The Morgan fingerprint density at radius 2 is 2.04 bits per heavy atom. The number of carbonyl (C=O) groups is 3. The molecule has 0 aliphatic rings. The van der Waals surface area contributed by atoms with Crippen LogP contribution in [0.1, 0.15) is 25.5 Å². The van der Waals surface area contributed by atoms with Crippen LogP contribution in [0.5, 0.6) is 5.75 Å². The van der Waals surface area contributed by atoms with E-state index in [0.717, 1.165) is 11.8 Å². The number of hydrogen-bond acceptors (Lipinski definition) is 5. The second-order valence-electron chi connectivity index (χ2n) is 5.48. The van der Waals surface area contributed by atoms with Gasteiger partial charge in [0.25, 0.3) is 0 Å². The number of methoxy groups -OCH3 is 1. The largest absolute Gasteiger partial charge is 0.497 e. The van der Waals surface area contributed by atoms with Crippen molar-refractivity contribution in [1.82, 2.24) is 5.32 Å². The van der Waals surface area contributed by atoms with Crippen LogP contribution in [-0.4, -0.2) is 47.9 Å². The smallest absolute Gasteiger partial charge is 0.322 e. The van der Waals surface area contributed by atoms with Gasteiger partial charge >= 0.3 is 5.97 Å².